The second-order valence-electron chi connectivity index (χ2n) is 15.5. The van der Waals surface area contributed by atoms with Gasteiger partial charge in [-0.05, 0) is 74.3 Å². The zero-order valence-corrected chi connectivity index (χ0v) is 46.1. The van der Waals surface area contributed by atoms with Crippen LogP contribution in [0.4, 0.5) is 0 Å². The molecule has 6 heteroatoms. The van der Waals surface area contributed by atoms with E-state index in [1.54, 1.807) is 22.3 Å². The molecular weight excluding hydrogens is 1110 g/mol. The average Bonchev–Trinajstić information content (AvgIpc) is 4.06. The molecular formula is C52H64Cl2Hf2Si2-6. The summed E-state index contributed by atoms with van der Waals surface area (Å²) in [5.74, 6) is 3.54. The minimum Gasteiger partial charge on any atom is -1.00 e. The molecule has 0 saturated heterocycles. The molecule has 2 aromatic carbocycles. The topological polar surface area (TPSA) is 0 Å². The van der Waals surface area contributed by atoms with Gasteiger partial charge in [0.15, 0.2) is 0 Å². The van der Waals surface area contributed by atoms with Crippen molar-refractivity contribution in [2.75, 3.05) is 0 Å². The number of aryl methyl sites for hydroxylation is 1. The first-order valence-corrected chi connectivity index (χ1v) is 23.8. The molecule has 10 rings (SSSR count). The molecule has 4 atom stereocenters. The predicted molar refractivity (Wildman–Crippen MR) is 240 cm³/mol. The smallest absolute Gasteiger partial charge is 0.121 e. The van der Waals surface area contributed by atoms with Gasteiger partial charge in [-0.25, -0.2) is 72.3 Å². The van der Waals surface area contributed by atoms with E-state index in [1.165, 1.54) is 98.6 Å². The van der Waals surface area contributed by atoms with E-state index in [0.717, 1.165) is 42.7 Å². The van der Waals surface area contributed by atoms with Gasteiger partial charge >= 0.3 is 0 Å². The second-order valence-corrected chi connectivity index (χ2v) is 17.8. The van der Waals surface area contributed by atoms with Crippen molar-refractivity contribution in [3.05, 3.63) is 181 Å². The molecule has 4 fully saturated rings. The molecule has 8 aliphatic rings. The molecule has 4 saturated carbocycles. The Bertz CT molecular complexity index is 1540. The maximum Gasteiger partial charge on any atom is 0.121 e. The van der Waals surface area contributed by atoms with Gasteiger partial charge in [0.05, 0.1) is 0 Å². The fourth-order valence-corrected chi connectivity index (χ4v) is 9.46. The number of fused-ring (bicyclic) bond motifs is 4. The van der Waals surface area contributed by atoms with Crippen LogP contribution in [0.15, 0.2) is 144 Å². The summed E-state index contributed by atoms with van der Waals surface area (Å²) < 4.78 is 0. The van der Waals surface area contributed by atoms with Crippen LogP contribution in [-0.2, 0) is 51.7 Å². The van der Waals surface area contributed by atoms with E-state index in [0.29, 0.717) is 0 Å². The third-order valence-electron chi connectivity index (χ3n) is 11.5. The Hall–Kier alpha value is -1.41. The van der Waals surface area contributed by atoms with Crippen LogP contribution in [0.25, 0.3) is 0 Å². The molecule has 0 spiro atoms. The van der Waals surface area contributed by atoms with E-state index < -0.39 is 0 Å². The standard InChI is InChI=1S/C14H14Si.4C9H11.C2H6Si.2ClH.2Hf/c1-11-7-6-10-14(12(11)2)15-13-8-4-3-5-9-13;4*1-2-5-9-7-3-6-8(9)4-1;1-3-2;;;;/h3-10H,1-2H3;4*1-2,4,6,9H,3,5,7H2;1-2H3;2*1H;;/q;4*-1;;;;;/p-2. The first kappa shape index (κ1) is 54.6. The van der Waals surface area contributed by atoms with Crippen LogP contribution in [0.1, 0.15) is 88.2 Å². The SMILES string of the molecule is C1=CCC2CC[CH-]C2=C1.C1=CCC2CC[CH-]C2=C1.C1=CCC2CC[CH-]C2=C1.C1=CCC2CC[CH-]C2=C1.C[Si]C.Cc1cccc([Si]c2ccccc2)c1C.[Cl-].[Cl-].[Hf].[Hf]. The van der Waals surface area contributed by atoms with Crippen LogP contribution < -0.4 is 35.2 Å². The molecule has 2 aromatic rings. The molecule has 0 nitrogen and oxygen atoms in total. The van der Waals surface area contributed by atoms with Crippen LogP contribution in [0.5, 0.6) is 0 Å². The summed E-state index contributed by atoms with van der Waals surface area (Å²) in [4.78, 5) is 0. The van der Waals surface area contributed by atoms with Gasteiger partial charge in [0.2, 0.25) is 0 Å². The van der Waals surface area contributed by atoms with E-state index in [9.17, 15) is 0 Å². The molecule has 4 unspecified atom stereocenters. The van der Waals surface area contributed by atoms with Gasteiger partial charge in [0.25, 0.3) is 0 Å². The molecule has 0 bridgehead atoms. The van der Waals surface area contributed by atoms with Gasteiger partial charge < -0.3 is 24.8 Å². The van der Waals surface area contributed by atoms with Gasteiger partial charge in [0.1, 0.15) is 9.52 Å². The van der Waals surface area contributed by atoms with Crippen molar-refractivity contribution in [2.45, 2.75) is 104 Å². The van der Waals surface area contributed by atoms with Crippen LogP contribution in [0.2, 0.25) is 13.1 Å². The van der Waals surface area contributed by atoms with Crippen molar-refractivity contribution >= 4 is 29.4 Å². The van der Waals surface area contributed by atoms with E-state index >= 15 is 0 Å². The van der Waals surface area contributed by atoms with Crippen LogP contribution in [-0.4, -0.2) is 19.0 Å². The summed E-state index contributed by atoms with van der Waals surface area (Å²) in [7, 11) is 1.86. The third-order valence-corrected chi connectivity index (χ3v) is 12.9. The molecule has 0 aliphatic heterocycles. The van der Waals surface area contributed by atoms with Crippen LogP contribution in [0, 0.1) is 63.2 Å². The number of hydrogen-bond acceptors (Lipinski definition) is 0. The van der Waals surface area contributed by atoms with Crippen LogP contribution >= 0.6 is 0 Å². The van der Waals surface area contributed by atoms with Crippen molar-refractivity contribution in [3.63, 3.8) is 0 Å². The summed E-state index contributed by atoms with van der Waals surface area (Å²) in [6.45, 7) is 8.69. The molecule has 0 aromatic heterocycles. The Balaban J connectivity index is 0.000000355. The second kappa shape index (κ2) is 31.4. The Morgan fingerprint density at radius 3 is 1.16 bits per heavy atom. The van der Waals surface area contributed by atoms with Crippen molar-refractivity contribution in [1.82, 2.24) is 0 Å². The number of hydrogen-bond donors (Lipinski definition) is 0. The maximum absolute atomic E-state index is 2.37. The van der Waals surface area contributed by atoms with Gasteiger partial charge in [-0.1, -0.05) is 97.7 Å². The zero-order chi connectivity index (χ0) is 37.8. The third kappa shape index (κ3) is 18.3. The molecule has 58 heavy (non-hydrogen) atoms. The summed E-state index contributed by atoms with van der Waals surface area (Å²) in [5.41, 5.74) is 9.14. The largest absolute Gasteiger partial charge is 1.00 e. The summed E-state index contributed by atoms with van der Waals surface area (Å²) in [5, 5.41) is 2.87. The Labute approximate surface area is 410 Å². The molecule has 308 valence electrons. The fourth-order valence-electron chi connectivity index (χ4n) is 8.22. The Morgan fingerprint density at radius 1 is 0.483 bits per heavy atom. The molecule has 0 amide bonds. The maximum atomic E-state index is 2.37. The van der Waals surface area contributed by atoms with Gasteiger partial charge in [-0.15, -0.1) is 74.3 Å². The quantitative estimate of drug-likeness (QED) is 0.233. The normalized spacial score (nSPS) is 22.3. The number of halogens is 2. The summed E-state index contributed by atoms with van der Waals surface area (Å²) >= 11 is 0. The van der Waals surface area contributed by atoms with Crippen LogP contribution in [0.3, 0.4) is 0 Å². The first-order chi connectivity index (χ1) is 26.6. The molecule has 0 heterocycles. The Kier molecular flexibility index (Phi) is 29.6. The van der Waals surface area contributed by atoms with Gasteiger partial charge in [0, 0.05) is 61.2 Å². The van der Waals surface area contributed by atoms with Crippen molar-refractivity contribution in [1.29, 1.82) is 0 Å². The van der Waals surface area contributed by atoms with E-state index in [1.807, 2.05) is 0 Å². The van der Waals surface area contributed by atoms with Gasteiger partial charge in [-0.3, -0.25) is 0 Å². The van der Waals surface area contributed by atoms with E-state index in [-0.39, 0.29) is 76.5 Å². The number of rotatable bonds is 2. The fraction of sp³-hybridized carbons (Fsp3) is 0.385. The monoisotopic (exact) mass is 1170 g/mol. The Morgan fingerprint density at radius 2 is 0.828 bits per heavy atom. The van der Waals surface area contributed by atoms with E-state index in [4.69, 9.17) is 0 Å². The summed E-state index contributed by atoms with van der Waals surface area (Å²) in [6, 6.07) is 17.2. The number of allylic oxidation sites excluding steroid dienone is 16. The average molecular weight is 1170 g/mol. The number of benzene rings is 2. The molecule has 0 N–H and O–H groups in total. The van der Waals surface area contributed by atoms with Crippen molar-refractivity contribution in [2.24, 2.45) is 23.7 Å². The summed E-state index contributed by atoms with van der Waals surface area (Å²) in [6.07, 6.45) is 52.1. The minimum atomic E-state index is 0. The molecule has 4 radical (unpaired) electrons. The van der Waals surface area contributed by atoms with E-state index in [2.05, 4.69) is 174 Å². The zero-order valence-electron chi connectivity index (χ0n) is 35.4. The predicted octanol–water partition coefficient (Wildman–Crippen LogP) is 6.70. The minimum absolute atomic E-state index is 0. The van der Waals surface area contributed by atoms with Crippen molar-refractivity contribution in [3.8, 4) is 0 Å². The first-order valence-electron chi connectivity index (χ1n) is 20.8. The van der Waals surface area contributed by atoms with Crippen molar-refractivity contribution < 1.29 is 76.5 Å². The van der Waals surface area contributed by atoms with Gasteiger partial charge in [-0.2, -0.15) is 0 Å². The molecule has 8 aliphatic carbocycles.